The summed E-state index contributed by atoms with van der Waals surface area (Å²) in [5.74, 6) is -0.487. The van der Waals surface area contributed by atoms with Gasteiger partial charge in [0.25, 0.3) is 15.9 Å². The van der Waals surface area contributed by atoms with E-state index in [1.54, 1.807) is 36.4 Å². The van der Waals surface area contributed by atoms with E-state index in [2.05, 4.69) is 26.0 Å². The monoisotopic (exact) mass is 478 g/mol. The lowest BCUT2D eigenvalue weighted by atomic mass is 10.1. The van der Waals surface area contributed by atoms with Crippen molar-refractivity contribution in [2.24, 2.45) is 0 Å². The van der Waals surface area contributed by atoms with Crippen LogP contribution in [0.1, 0.15) is 15.9 Å². The Morgan fingerprint density at radius 2 is 1.75 bits per heavy atom. The quantitative estimate of drug-likeness (QED) is 0.510. The molecule has 0 unspecified atom stereocenters. The summed E-state index contributed by atoms with van der Waals surface area (Å²) in [6, 6.07) is 18.1. The van der Waals surface area contributed by atoms with E-state index in [0.717, 1.165) is 10.0 Å². The molecule has 1 amide bonds. The molecule has 0 aliphatic carbocycles. The summed E-state index contributed by atoms with van der Waals surface area (Å²) >= 11 is 9.44. The number of aryl methyl sites for hydroxylation is 1. The molecule has 3 aromatic carbocycles. The predicted molar refractivity (Wildman–Crippen MR) is 116 cm³/mol. The van der Waals surface area contributed by atoms with Gasteiger partial charge < -0.3 is 5.32 Å². The highest BCUT2D eigenvalue weighted by molar-refractivity contribution is 9.10. The van der Waals surface area contributed by atoms with Crippen LogP contribution in [0.4, 0.5) is 11.4 Å². The number of hydrogen-bond donors (Lipinski definition) is 2. The summed E-state index contributed by atoms with van der Waals surface area (Å²) in [6.45, 7) is 1.86. The summed E-state index contributed by atoms with van der Waals surface area (Å²) in [5, 5.41) is 2.92. The number of amides is 1. The Kier molecular flexibility index (Phi) is 6.07. The van der Waals surface area contributed by atoms with E-state index in [0.29, 0.717) is 11.4 Å². The van der Waals surface area contributed by atoms with Gasteiger partial charge in [-0.05, 0) is 55.0 Å². The number of carbonyl (C=O) groups excluding carboxylic acids is 1. The van der Waals surface area contributed by atoms with Crippen molar-refractivity contribution in [1.29, 1.82) is 0 Å². The van der Waals surface area contributed by atoms with Crippen molar-refractivity contribution in [1.82, 2.24) is 0 Å². The molecule has 0 saturated carbocycles. The maximum Gasteiger partial charge on any atom is 0.261 e. The number of sulfonamides is 1. The van der Waals surface area contributed by atoms with Crippen molar-refractivity contribution in [2.45, 2.75) is 11.8 Å². The minimum atomic E-state index is -3.89. The van der Waals surface area contributed by atoms with Crippen molar-refractivity contribution < 1.29 is 13.2 Å². The molecule has 3 aromatic rings. The van der Waals surface area contributed by atoms with Gasteiger partial charge in [-0.15, -0.1) is 0 Å². The van der Waals surface area contributed by atoms with Crippen LogP contribution >= 0.6 is 27.5 Å². The zero-order chi connectivity index (χ0) is 20.3. The fourth-order valence-corrected chi connectivity index (χ4v) is 4.19. The van der Waals surface area contributed by atoms with E-state index in [1.807, 2.05) is 19.1 Å². The highest BCUT2D eigenvalue weighted by Gasteiger charge is 2.19. The molecule has 0 atom stereocenters. The van der Waals surface area contributed by atoms with Gasteiger partial charge in [-0.2, -0.15) is 0 Å². The zero-order valence-corrected chi connectivity index (χ0v) is 17.9. The standard InChI is InChI=1S/C20H16BrClN2O3S/c1-13-5-2-3-8-19(13)23-20(25)17-12-16(9-10-18(17)22)28(26,27)24-15-7-4-6-14(21)11-15/h2-12,24H,1H3,(H,23,25). The van der Waals surface area contributed by atoms with E-state index < -0.39 is 15.9 Å². The van der Waals surface area contributed by atoms with Crippen LogP contribution in [0.5, 0.6) is 0 Å². The topological polar surface area (TPSA) is 75.3 Å². The predicted octanol–water partition coefficient (Wildman–Crippen LogP) is 5.46. The van der Waals surface area contributed by atoms with Crippen molar-refractivity contribution in [3.63, 3.8) is 0 Å². The van der Waals surface area contributed by atoms with Crippen LogP contribution in [0, 0.1) is 6.92 Å². The van der Waals surface area contributed by atoms with Crippen LogP contribution in [0.15, 0.2) is 76.1 Å². The number of para-hydroxylation sites is 1. The second-order valence-electron chi connectivity index (χ2n) is 6.03. The molecule has 3 rings (SSSR count). The second kappa shape index (κ2) is 8.34. The molecule has 144 valence electrons. The molecular formula is C20H16BrClN2O3S. The maximum absolute atomic E-state index is 12.7. The Bertz CT molecular complexity index is 1150. The van der Waals surface area contributed by atoms with Gasteiger partial charge in [0, 0.05) is 15.8 Å². The van der Waals surface area contributed by atoms with Crippen molar-refractivity contribution >= 4 is 54.8 Å². The lowest BCUT2D eigenvalue weighted by molar-refractivity contribution is 0.102. The minimum Gasteiger partial charge on any atom is -0.322 e. The molecule has 0 saturated heterocycles. The third-order valence-corrected chi connectivity index (χ3v) is 6.16. The lowest BCUT2D eigenvalue weighted by Gasteiger charge is -2.12. The molecule has 2 N–H and O–H groups in total. The number of anilines is 2. The Hall–Kier alpha value is -2.35. The van der Waals surface area contributed by atoms with Gasteiger partial charge in [-0.25, -0.2) is 8.42 Å². The van der Waals surface area contributed by atoms with Gasteiger partial charge >= 0.3 is 0 Å². The molecule has 28 heavy (non-hydrogen) atoms. The third kappa shape index (κ3) is 4.73. The fourth-order valence-electron chi connectivity index (χ4n) is 2.51. The van der Waals surface area contributed by atoms with Crippen LogP contribution in [-0.2, 0) is 10.0 Å². The summed E-state index contributed by atoms with van der Waals surface area (Å²) in [7, 11) is -3.89. The average molecular weight is 480 g/mol. The van der Waals surface area contributed by atoms with E-state index in [9.17, 15) is 13.2 Å². The van der Waals surface area contributed by atoms with E-state index in [4.69, 9.17) is 11.6 Å². The second-order valence-corrected chi connectivity index (χ2v) is 9.03. The zero-order valence-electron chi connectivity index (χ0n) is 14.7. The SMILES string of the molecule is Cc1ccccc1NC(=O)c1cc(S(=O)(=O)Nc2cccc(Br)c2)ccc1Cl. The minimum absolute atomic E-state index is 0.0631. The molecule has 0 spiro atoms. The highest BCUT2D eigenvalue weighted by atomic mass is 79.9. The van der Waals surface area contributed by atoms with Gasteiger partial charge in [0.2, 0.25) is 0 Å². The van der Waals surface area contributed by atoms with Crippen molar-refractivity contribution in [2.75, 3.05) is 10.0 Å². The highest BCUT2D eigenvalue weighted by Crippen LogP contribution is 2.25. The van der Waals surface area contributed by atoms with Crippen LogP contribution in [0.3, 0.4) is 0 Å². The van der Waals surface area contributed by atoms with Crippen LogP contribution < -0.4 is 10.0 Å². The summed E-state index contributed by atoms with van der Waals surface area (Å²) in [6.07, 6.45) is 0. The van der Waals surface area contributed by atoms with Gasteiger partial charge in [0.1, 0.15) is 0 Å². The van der Waals surface area contributed by atoms with Crippen molar-refractivity contribution in [3.05, 3.63) is 87.4 Å². The maximum atomic E-state index is 12.7. The summed E-state index contributed by atoms with van der Waals surface area (Å²) in [4.78, 5) is 12.6. The summed E-state index contributed by atoms with van der Waals surface area (Å²) in [5.41, 5.74) is 1.98. The van der Waals surface area contributed by atoms with Crippen LogP contribution in [0.25, 0.3) is 0 Å². The molecule has 8 heteroatoms. The normalized spacial score (nSPS) is 11.1. The average Bonchev–Trinajstić information content (AvgIpc) is 2.63. The first-order chi connectivity index (χ1) is 13.3. The summed E-state index contributed by atoms with van der Waals surface area (Å²) < 4.78 is 28.6. The van der Waals surface area contributed by atoms with E-state index in [-0.39, 0.29) is 15.5 Å². The number of hydrogen-bond acceptors (Lipinski definition) is 3. The Balaban J connectivity index is 1.90. The first kappa shape index (κ1) is 20.4. The Morgan fingerprint density at radius 1 is 1.00 bits per heavy atom. The van der Waals surface area contributed by atoms with Gasteiger partial charge in [-0.3, -0.25) is 9.52 Å². The van der Waals surface area contributed by atoms with Crippen LogP contribution in [-0.4, -0.2) is 14.3 Å². The molecule has 5 nitrogen and oxygen atoms in total. The Labute approximate surface area is 176 Å². The third-order valence-electron chi connectivity index (χ3n) is 3.96. The first-order valence-electron chi connectivity index (χ1n) is 8.21. The molecule has 0 radical (unpaired) electrons. The number of halogens is 2. The number of carbonyl (C=O) groups is 1. The van der Waals surface area contributed by atoms with Gasteiger partial charge in [0.05, 0.1) is 15.5 Å². The molecule has 0 aromatic heterocycles. The number of rotatable bonds is 5. The molecule has 0 fully saturated rings. The number of benzene rings is 3. The largest absolute Gasteiger partial charge is 0.322 e. The van der Waals surface area contributed by atoms with Crippen molar-refractivity contribution in [3.8, 4) is 0 Å². The van der Waals surface area contributed by atoms with Crippen LogP contribution in [0.2, 0.25) is 5.02 Å². The van der Waals surface area contributed by atoms with Gasteiger partial charge in [-0.1, -0.05) is 51.8 Å². The molecule has 0 aliphatic heterocycles. The van der Waals surface area contributed by atoms with E-state index >= 15 is 0 Å². The lowest BCUT2D eigenvalue weighted by Crippen LogP contribution is -2.16. The first-order valence-corrected chi connectivity index (χ1v) is 10.9. The van der Waals surface area contributed by atoms with Gasteiger partial charge in [0.15, 0.2) is 0 Å². The smallest absolute Gasteiger partial charge is 0.261 e. The molecular weight excluding hydrogens is 464 g/mol. The molecule has 0 aliphatic rings. The van der Waals surface area contributed by atoms with E-state index in [1.165, 1.54) is 18.2 Å². The fraction of sp³-hybridized carbons (Fsp3) is 0.0500. The molecule has 0 bridgehead atoms. The molecule has 0 heterocycles. The Morgan fingerprint density at radius 3 is 2.46 bits per heavy atom. The number of nitrogens with one attached hydrogen (secondary N) is 2.